The third-order valence-corrected chi connectivity index (χ3v) is 3.19. The Balaban J connectivity index is 1.97. The maximum Gasteiger partial charge on any atom is 0.318 e. The molecule has 2 rings (SSSR count). The van der Waals surface area contributed by atoms with Crippen LogP contribution in [0.25, 0.3) is 0 Å². The fraction of sp³-hybridized carbons (Fsp3) is 0.636. The number of aliphatic hydroxyl groups is 2. The van der Waals surface area contributed by atoms with E-state index in [1.165, 1.54) is 0 Å². The molecule has 94 valence electrons. The van der Waals surface area contributed by atoms with Crippen molar-refractivity contribution in [2.24, 2.45) is 11.8 Å². The Labute approximate surface area is 99.5 Å². The van der Waals surface area contributed by atoms with Crippen LogP contribution in [-0.4, -0.2) is 39.5 Å². The van der Waals surface area contributed by atoms with Crippen LogP contribution in [0.5, 0.6) is 6.01 Å². The Bertz CT molecular complexity index is 363. The topological polar surface area (TPSA) is 101 Å². The van der Waals surface area contributed by atoms with Gasteiger partial charge in [0.05, 0.1) is 0 Å². The van der Waals surface area contributed by atoms with E-state index in [-0.39, 0.29) is 37.2 Å². The van der Waals surface area contributed by atoms with Gasteiger partial charge in [0, 0.05) is 19.4 Å². The Kier molecular flexibility index (Phi) is 3.75. The molecule has 17 heavy (non-hydrogen) atoms. The Hall–Kier alpha value is -1.40. The lowest BCUT2D eigenvalue weighted by Gasteiger charge is -2.12. The summed E-state index contributed by atoms with van der Waals surface area (Å²) in [5.74, 6) is 0.544. The summed E-state index contributed by atoms with van der Waals surface area (Å²) in [6.45, 7) is 0.145. The average Bonchev–Trinajstić information content (AvgIpc) is 2.71. The zero-order valence-corrected chi connectivity index (χ0v) is 9.49. The summed E-state index contributed by atoms with van der Waals surface area (Å²) >= 11 is 0. The normalized spacial score (nSPS) is 28.2. The van der Waals surface area contributed by atoms with Crippen LogP contribution in [0.4, 0.5) is 5.82 Å². The molecular formula is C11H17N3O3. The van der Waals surface area contributed by atoms with E-state index < -0.39 is 0 Å². The highest BCUT2D eigenvalue weighted by atomic mass is 16.5. The highest BCUT2D eigenvalue weighted by Gasteiger charge is 2.34. The summed E-state index contributed by atoms with van der Waals surface area (Å²) in [7, 11) is 0. The number of ether oxygens (including phenoxy) is 1. The quantitative estimate of drug-likeness (QED) is 0.673. The van der Waals surface area contributed by atoms with Crippen molar-refractivity contribution in [1.29, 1.82) is 0 Å². The lowest BCUT2D eigenvalue weighted by molar-refractivity contribution is 0.141. The fourth-order valence-electron chi connectivity index (χ4n) is 2.26. The number of nitrogens with two attached hydrogens (primary N) is 1. The fourth-order valence-corrected chi connectivity index (χ4v) is 2.26. The molecule has 1 aliphatic carbocycles. The van der Waals surface area contributed by atoms with Crippen LogP contribution in [0.3, 0.4) is 0 Å². The van der Waals surface area contributed by atoms with E-state index in [0.717, 1.165) is 0 Å². The summed E-state index contributed by atoms with van der Waals surface area (Å²) < 4.78 is 5.60. The number of rotatable bonds is 4. The third kappa shape index (κ3) is 2.83. The van der Waals surface area contributed by atoms with Crippen LogP contribution in [0.2, 0.25) is 0 Å². The first-order valence-corrected chi connectivity index (χ1v) is 5.69. The molecule has 1 unspecified atom stereocenters. The molecule has 0 aliphatic heterocycles. The number of hydrogen-bond donors (Lipinski definition) is 3. The Morgan fingerprint density at radius 1 is 1.29 bits per heavy atom. The molecular weight excluding hydrogens is 222 g/mol. The van der Waals surface area contributed by atoms with Crippen LogP contribution in [0.1, 0.15) is 12.8 Å². The summed E-state index contributed by atoms with van der Waals surface area (Å²) in [4.78, 5) is 7.92. The molecule has 6 heteroatoms. The lowest BCUT2D eigenvalue weighted by Crippen LogP contribution is -2.15. The van der Waals surface area contributed by atoms with E-state index in [0.29, 0.717) is 18.7 Å². The average molecular weight is 239 g/mol. The molecule has 0 saturated heterocycles. The number of hydrogen-bond acceptors (Lipinski definition) is 6. The van der Waals surface area contributed by atoms with Crippen molar-refractivity contribution in [3.05, 3.63) is 12.3 Å². The SMILES string of the molecule is Nc1ccnc(OC2C[C@@H](CO)[C@@H](CO)C2)n1. The predicted octanol–water partition coefficient (Wildman–Crippen LogP) is -0.183. The number of nitrogens with zero attached hydrogens (tertiary/aromatic N) is 2. The molecule has 3 atom stereocenters. The van der Waals surface area contributed by atoms with Crippen molar-refractivity contribution in [2.75, 3.05) is 18.9 Å². The molecule has 1 fully saturated rings. The van der Waals surface area contributed by atoms with Crippen molar-refractivity contribution >= 4 is 5.82 Å². The summed E-state index contributed by atoms with van der Waals surface area (Å²) in [6.07, 6.45) is 2.89. The molecule has 6 nitrogen and oxygen atoms in total. The van der Waals surface area contributed by atoms with Gasteiger partial charge in [-0.15, -0.1) is 0 Å². The number of aliphatic hydroxyl groups excluding tert-OH is 2. The molecule has 1 aromatic rings. The number of anilines is 1. The van der Waals surface area contributed by atoms with E-state index in [9.17, 15) is 10.2 Å². The van der Waals surface area contributed by atoms with E-state index in [4.69, 9.17) is 10.5 Å². The highest BCUT2D eigenvalue weighted by Crippen LogP contribution is 2.33. The van der Waals surface area contributed by atoms with Gasteiger partial charge in [0.15, 0.2) is 0 Å². The van der Waals surface area contributed by atoms with Gasteiger partial charge in [0.25, 0.3) is 0 Å². The second kappa shape index (κ2) is 5.29. The van der Waals surface area contributed by atoms with Crippen molar-refractivity contribution in [3.63, 3.8) is 0 Å². The van der Waals surface area contributed by atoms with Gasteiger partial charge in [-0.3, -0.25) is 0 Å². The zero-order valence-electron chi connectivity index (χ0n) is 9.49. The van der Waals surface area contributed by atoms with Gasteiger partial charge in [0.2, 0.25) is 0 Å². The molecule has 0 aromatic carbocycles. The van der Waals surface area contributed by atoms with Crippen LogP contribution < -0.4 is 10.5 Å². The second-order valence-electron chi connectivity index (χ2n) is 4.36. The molecule has 4 N–H and O–H groups in total. The molecule has 0 bridgehead atoms. The smallest absolute Gasteiger partial charge is 0.318 e. The predicted molar refractivity (Wildman–Crippen MR) is 61.2 cm³/mol. The third-order valence-electron chi connectivity index (χ3n) is 3.19. The standard InChI is InChI=1S/C11H17N3O3/c12-10-1-2-13-11(14-10)17-9-3-7(5-15)8(4-9)6-16/h1-2,7-9,15-16H,3-6H2,(H2,12,13,14)/t7-,8+,9?. The molecule has 0 amide bonds. The largest absolute Gasteiger partial charge is 0.460 e. The monoisotopic (exact) mass is 239 g/mol. The zero-order chi connectivity index (χ0) is 12.3. The van der Waals surface area contributed by atoms with E-state index in [1.54, 1.807) is 12.3 Å². The minimum absolute atomic E-state index is 0.0638. The minimum atomic E-state index is -0.0638. The summed E-state index contributed by atoms with van der Waals surface area (Å²) in [5.41, 5.74) is 5.53. The van der Waals surface area contributed by atoms with Gasteiger partial charge in [-0.25, -0.2) is 4.98 Å². The van der Waals surface area contributed by atoms with Crippen LogP contribution in [0.15, 0.2) is 12.3 Å². The van der Waals surface area contributed by atoms with E-state index >= 15 is 0 Å². The van der Waals surface area contributed by atoms with Gasteiger partial charge in [-0.2, -0.15) is 4.98 Å². The molecule has 1 aliphatic rings. The van der Waals surface area contributed by atoms with Crippen molar-refractivity contribution in [3.8, 4) is 6.01 Å². The van der Waals surface area contributed by atoms with Crippen molar-refractivity contribution in [1.82, 2.24) is 9.97 Å². The second-order valence-corrected chi connectivity index (χ2v) is 4.36. The number of nitrogen functional groups attached to an aromatic ring is 1. The Morgan fingerprint density at radius 2 is 1.94 bits per heavy atom. The number of aromatic nitrogens is 2. The molecule has 1 heterocycles. The molecule has 0 radical (unpaired) electrons. The Morgan fingerprint density at radius 3 is 2.47 bits per heavy atom. The first kappa shape index (κ1) is 12.1. The van der Waals surface area contributed by atoms with Gasteiger partial charge >= 0.3 is 6.01 Å². The summed E-state index contributed by atoms with van der Waals surface area (Å²) in [5, 5.41) is 18.4. The van der Waals surface area contributed by atoms with Crippen LogP contribution >= 0.6 is 0 Å². The summed E-state index contributed by atoms with van der Waals surface area (Å²) in [6, 6.07) is 1.85. The highest BCUT2D eigenvalue weighted by molar-refractivity contribution is 5.26. The van der Waals surface area contributed by atoms with E-state index in [1.807, 2.05) is 0 Å². The van der Waals surface area contributed by atoms with Gasteiger partial charge in [-0.1, -0.05) is 0 Å². The van der Waals surface area contributed by atoms with Crippen LogP contribution in [-0.2, 0) is 0 Å². The van der Waals surface area contributed by atoms with Crippen molar-refractivity contribution in [2.45, 2.75) is 18.9 Å². The van der Waals surface area contributed by atoms with Gasteiger partial charge in [0.1, 0.15) is 11.9 Å². The van der Waals surface area contributed by atoms with Gasteiger partial charge in [-0.05, 0) is 30.7 Å². The maximum atomic E-state index is 9.18. The van der Waals surface area contributed by atoms with E-state index in [2.05, 4.69) is 9.97 Å². The maximum absolute atomic E-state index is 9.18. The molecule has 0 spiro atoms. The van der Waals surface area contributed by atoms with Crippen molar-refractivity contribution < 1.29 is 14.9 Å². The molecule has 1 saturated carbocycles. The lowest BCUT2D eigenvalue weighted by atomic mass is 9.98. The van der Waals surface area contributed by atoms with Gasteiger partial charge < -0.3 is 20.7 Å². The van der Waals surface area contributed by atoms with Crippen LogP contribution in [0, 0.1) is 11.8 Å². The first-order valence-electron chi connectivity index (χ1n) is 5.69. The first-order chi connectivity index (χ1) is 8.22. The minimum Gasteiger partial charge on any atom is -0.460 e. The molecule has 1 aromatic heterocycles.